The van der Waals surface area contributed by atoms with Crippen LogP contribution in [0.25, 0.3) is 0 Å². The van der Waals surface area contributed by atoms with E-state index in [1.807, 2.05) is 18.2 Å². The summed E-state index contributed by atoms with van der Waals surface area (Å²) in [6, 6.07) is 3.88. The normalized spacial score (nSPS) is 17.7. The summed E-state index contributed by atoms with van der Waals surface area (Å²) < 4.78 is 5.19. The Bertz CT molecular complexity index is 473. The molecule has 20 heavy (non-hydrogen) atoms. The number of nitrogens with zero attached hydrogens (tertiary/aromatic N) is 1. The standard InChI is InChI=1S/C15H21ClN2O2/c1-3-4-13(18-7-5-17-6-8-18)11-9-12(16)15(19)14(10-11)20-2/h3,9-10,13,17,19H,1,4-8H2,2H3/t13-/m0/s1. The number of benzene rings is 1. The lowest BCUT2D eigenvalue weighted by Crippen LogP contribution is -2.45. The highest BCUT2D eigenvalue weighted by Crippen LogP contribution is 2.38. The Labute approximate surface area is 125 Å². The molecule has 0 radical (unpaired) electrons. The third-order valence-corrected chi connectivity index (χ3v) is 3.93. The second kappa shape index (κ2) is 6.97. The summed E-state index contributed by atoms with van der Waals surface area (Å²) in [5.41, 5.74) is 1.05. The lowest BCUT2D eigenvalue weighted by atomic mass is 10.0. The maximum Gasteiger partial charge on any atom is 0.176 e. The summed E-state index contributed by atoms with van der Waals surface area (Å²) in [6.45, 7) is 7.78. The fourth-order valence-electron chi connectivity index (χ4n) is 2.59. The van der Waals surface area contributed by atoms with E-state index in [0.29, 0.717) is 10.8 Å². The van der Waals surface area contributed by atoms with Crippen LogP contribution in [-0.2, 0) is 0 Å². The van der Waals surface area contributed by atoms with Crippen LogP contribution < -0.4 is 10.1 Å². The van der Waals surface area contributed by atoms with Gasteiger partial charge >= 0.3 is 0 Å². The van der Waals surface area contributed by atoms with Gasteiger partial charge in [0, 0.05) is 32.2 Å². The van der Waals surface area contributed by atoms with Gasteiger partial charge in [0.25, 0.3) is 0 Å². The van der Waals surface area contributed by atoms with Gasteiger partial charge in [0.15, 0.2) is 11.5 Å². The molecule has 1 aliphatic heterocycles. The molecule has 4 nitrogen and oxygen atoms in total. The number of phenolic OH excluding ortho intramolecular Hbond substituents is 1. The second-order valence-electron chi connectivity index (χ2n) is 4.88. The molecule has 2 rings (SSSR count). The second-order valence-corrected chi connectivity index (χ2v) is 5.29. The zero-order valence-corrected chi connectivity index (χ0v) is 12.5. The van der Waals surface area contributed by atoms with Crippen LogP contribution in [0.5, 0.6) is 11.5 Å². The van der Waals surface area contributed by atoms with Gasteiger partial charge in [-0.3, -0.25) is 4.90 Å². The minimum Gasteiger partial charge on any atom is -0.503 e. The maximum absolute atomic E-state index is 9.84. The lowest BCUT2D eigenvalue weighted by molar-refractivity contribution is 0.174. The number of aromatic hydroxyl groups is 1. The van der Waals surface area contributed by atoms with Gasteiger partial charge in [0.05, 0.1) is 12.1 Å². The van der Waals surface area contributed by atoms with Crippen LogP contribution in [-0.4, -0.2) is 43.3 Å². The van der Waals surface area contributed by atoms with E-state index in [0.717, 1.165) is 38.2 Å². The average molecular weight is 297 g/mol. The van der Waals surface area contributed by atoms with Crippen molar-refractivity contribution in [2.75, 3.05) is 33.3 Å². The van der Waals surface area contributed by atoms with E-state index < -0.39 is 0 Å². The van der Waals surface area contributed by atoms with Crippen molar-refractivity contribution in [1.82, 2.24) is 10.2 Å². The lowest BCUT2D eigenvalue weighted by Gasteiger charge is -2.35. The maximum atomic E-state index is 9.84. The summed E-state index contributed by atoms with van der Waals surface area (Å²) in [6.07, 6.45) is 2.75. The fraction of sp³-hybridized carbons (Fsp3) is 0.467. The van der Waals surface area contributed by atoms with Crippen LogP contribution in [0.2, 0.25) is 5.02 Å². The average Bonchev–Trinajstić information content (AvgIpc) is 2.48. The summed E-state index contributed by atoms with van der Waals surface area (Å²) in [4.78, 5) is 2.40. The van der Waals surface area contributed by atoms with Gasteiger partial charge in [-0.25, -0.2) is 0 Å². The summed E-state index contributed by atoms with van der Waals surface area (Å²) in [5.74, 6) is 0.410. The number of nitrogens with one attached hydrogen (secondary N) is 1. The molecule has 110 valence electrons. The third kappa shape index (κ3) is 3.26. The van der Waals surface area contributed by atoms with Gasteiger partial charge in [0.2, 0.25) is 0 Å². The molecule has 0 bridgehead atoms. The summed E-state index contributed by atoms with van der Waals surface area (Å²) in [7, 11) is 1.53. The van der Waals surface area contributed by atoms with Gasteiger partial charge in [-0.2, -0.15) is 0 Å². The first-order valence-corrected chi connectivity index (χ1v) is 7.17. The highest BCUT2D eigenvalue weighted by molar-refractivity contribution is 6.32. The third-order valence-electron chi connectivity index (χ3n) is 3.64. The smallest absolute Gasteiger partial charge is 0.176 e. The molecule has 0 saturated carbocycles. The van der Waals surface area contributed by atoms with Crippen molar-refractivity contribution in [2.45, 2.75) is 12.5 Å². The first-order valence-electron chi connectivity index (χ1n) is 6.79. The number of ether oxygens (including phenoxy) is 1. The molecule has 1 fully saturated rings. The summed E-state index contributed by atoms with van der Waals surface area (Å²) in [5, 5.41) is 13.5. The van der Waals surface area contributed by atoms with E-state index in [1.165, 1.54) is 7.11 Å². The van der Waals surface area contributed by atoms with Gasteiger partial charge in [-0.05, 0) is 24.1 Å². The first-order chi connectivity index (χ1) is 9.67. The SMILES string of the molecule is C=CC[C@@H](c1cc(Cl)c(O)c(OC)c1)N1CCNCC1. The Balaban J connectivity index is 2.32. The number of rotatable bonds is 5. The minimum absolute atomic E-state index is 0.00409. The van der Waals surface area contributed by atoms with E-state index in [4.69, 9.17) is 16.3 Å². The molecule has 1 aromatic carbocycles. The predicted molar refractivity (Wildman–Crippen MR) is 81.7 cm³/mol. The zero-order chi connectivity index (χ0) is 14.5. The van der Waals surface area contributed by atoms with Crippen molar-refractivity contribution in [3.05, 3.63) is 35.4 Å². The number of piperazine rings is 1. The van der Waals surface area contributed by atoms with Crippen molar-refractivity contribution in [3.63, 3.8) is 0 Å². The molecule has 0 amide bonds. The topological polar surface area (TPSA) is 44.7 Å². The number of phenols is 1. The van der Waals surface area contributed by atoms with Crippen LogP contribution in [0.1, 0.15) is 18.0 Å². The molecule has 1 atom stereocenters. The molecule has 0 aromatic heterocycles. The monoisotopic (exact) mass is 296 g/mol. The van der Waals surface area contributed by atoms with Gasteiger partial charge in [-0.15, -0.1) is 6.58 Å². The highest BCUT2D eigenvalue weighted by Gasteiger charge is 2.23. The van der Waals surface area contributed by atoms with Crippen molar-refractivity contribution in [2.24, 2.45) is 0 Å². The van der Waals surface area contributed by atoms with Crippen LogP contribution in [0.4, 0.5) is 0 Å². The number of methoxy groups -OCH3 is 1. The van der Waals surface area contributed by atoms with Crippen LogP contribution in [0.3, 0.4) is 0 Å². The molecule has 1 aromatic rings. The van der Waals surface area contributed by atoms with E-state index in [2.05, 4.69) is 16.8 Å². The molecule has 2 N–H and O–H groups in total. The Hall–Kier alpha value is -1.23. The zero-order valence-electron chi connectivity index (χ0n) is 11.7. The Morgan fingerprint density at radius 2 is 2.20 bits per heavy atom. The van der Waals surface area contributed by atoms with E-state index >= 15 is 0 Å². The molecule has 0 spiro atoms. The number of hydrogen-bond donors (Lipinski definition) is 2. The highest BCUT2D eigenvalue weighted by atomic mass is 35.5. The molecular formula is C15H21ClN2O2. The van der Waals surface area contributed by atoms with Crippen molar-refractivity contribution >= 4 is 11.6 Å². The van der Waals surface area contributed by atoms with Crippen LogP contribution in [0, 0.1) is 0 Å². The molecule has 1 aliphatic rings. The Morgan fingerprint density at radius 1 is 1.50 bits per heavy atom. The quantitative estimate of drug-likeness (QED) is 0.820. The van der Waals surface area contributed by atoms with E-state index in [1.54, 1.807) is 0 Å². The predicted octanol–water partition coefficient (Wildman–Crippen LogP) is 2.58. The van der Waals surface area contributed by atoms with Crippen LogP contribution in [0.15, 0.2) is 24.8 Å². The van der Waals surface area contributed by atoms with Crippen molar-refractivity contribution in [1.29, 1.82) is 0 Å². The Kier molecular flexibility index (Phi) is 5.29. The summed E-state index contributed by atoms with van der Waals surface area (Å²) >= 11 is 6.09. The molecular weight excluding hydrogens is 276 g/mol. The molecule has 0 aliphatic carbocycles. The van der Waals surface area contributed by atoms with Crippen LogP contribution >= 0.6 is 11.6 Å². The van der Waals surface area contributed by atoms with Gasteiger partial charge in [-0.1, -0.05) is 17.7 Å². The molecule has 1 saturated heterocycles. The van der Waals surface area contributed by atoms with Crippen molar-refractivity contribution < 1.29 is 9.84 Å². The molecule has 1 heterocycles. The number of hydrogen-bond acceptors (Lipinski definition) is 4. The van der Waals surface area contributed by atoms with E-state index in [-0.39, 0.29) is 11.8 Å². The number of halogens is 1. The Morgan fingerprint density at radius 3 is 2.80 bits per heavy atom. The largest absolute Gasteiger partial charge is 0.503 e. The van der Waals surface area contributed by atoms with Crippen molar-refractivity contribution in [3.8, 4) is 11.5 Å². The van der Waals surface area contributed by atoms with E-state index in [9.17, 15) is 5.11 Å². The molecule has 5 heteroatoms. The van der Waals surface area contributed by atoms with Gasteiger partial charge < -0.3 is 15.2 Å². The first kappa shape index (κ1) is 15.2. The van der Waals surface area contributed by atoms with Gasteiger partial charge in [0.1, 0.15) is 0 Å². The fourth-order valence-corrected chi connectivity index (χ4v) is 2.81. The molecule has 0 unspecified atom stereocenters. The minimum atomic E-state index is -0.00409.